The zero-order valence-corrected chi connectivity index (χ0v) is 10.8. The summed E-state index contributed by atoms with van der Waals surface area (Å²) in [5.41, 5.74) is -0.310. The highest BCUT2D eigenvalue weighted by Gasteiger charge is 2.58. The molecule has 1 atom stereocenters. The Labute approximate surface area is 108 Å². The summed E-state index contributed by atoms with van der Waals surface area (Å²) in [4.78, 5) is 11.4. The summed E-state index contributed by atoms with van der Waals surface area (Å²) in [6, 6.07) is 0. The van der Waals surface area contributed by atoms with Crippen molar-refractivity contribution in [3.8, 4) is 0 Å². The third-order valence-corrected chi connectivity index (χ3v) is 5.15. The Hall–Kier alpha value is -0.610. The van der Waals surface area contributed by atoms with Gasteiger partial charge in [0.2, 0.25) is 0 Å². The summed E-state index contributed by atoms with van der Waals surface area (Å²) in [6.07, 6.45) is 7.73. The van der Waals surface area contributed by atoms with Crippen LogP contribution >= 0.6 is 0 Å². The third-order valence-electron chi connectivity index (χ3n) is 5.15. The molecule has 1 heterocycles. The molecule has 102 valence electrons. The highest BCUT2D eigenvalue weighted by Crippen LogP contribution is 2.61. The second-order valence-corrected chi connectivity index (χ2v) is 6.37. The number of ether oxygens (including phenoxy) is 2. The number of aliphatic carboxylic acids is 1. The second kappa shape index (κ2) is 4.49. The van der Waals surface area contributed by atoms with E-state index < -0.39 is 11.4 Å². The van der Waals surface area contributed by atoms with Crippen LogP contribution < -0.4 is 0 Å². The molecule has 1 aliphatic heterocycles. The van der Waals surface area contributed by atoms with Crippen molar-refractivity contribution in [1.29, 1.82) is 0 Å². The number of carboxylic acid groups (broad SMARTS) is 1. The van der Waals surface area contributed by atoms with E-state index in [-0.39, 0.29) is 11.7 Å². The average Bonchev–Trinajstić information content (AvgIpc) is 2.96. The van der Waals surface area contributed by atoms with Crippen LogP contribution in [0.1, 0.15) is 51.4 Å². The van der Waals surface area contributed by atoms with Crippen LogP contribution in [0.15, 0.2) is 0 Å². The van der Waals surface area contributed by atoms with E-state index in [1.165, 1.54) is 6.42 Å². The third kappa shape index (κ3) is 2.05. The molecule has 0 aromatic heterocycles. The Kier molecular flexibility index (Phi) is 3.10. The SMILES string of the molecule is O=C(O)C12CCC(COC3CCCCO3)(CC1)C2. The molecule has 4 nitrogen and oxygen atoms in total. The largest absolute Gasteiger partial charge is 0.481 e. The summed E-state index contributed by atoms with van der Waals surface area (Å²) in [7, 11) is 0. The van der Waals surface area contributed by atoms with Gasteiger partial charge in [0.05, 0.1) is 12.0 Å². The predicted molar refractivity (Wildman–Crippen MR) is 65.1 cm³/mol. The van der Waals surface area contributed by atoms with Gasteiger partial charge in [0, 0.05) is 6.61 Å². The van der Waals surface area contributed by atoms with Crippen molar-refractivity contribution < 1.29 is 19.4 Å². The molecule has 2 saturated carbocycles. The van der Waals surface area contributed by atoms with E-state index in [1.807, 2.05) is 0 Å². The normalized spacial score (nSPS) is 43.2. The van der Waals surface area contributed by atoms with Gasteiger partial charge in [0.1, 0.15) is 0 Å². The van der Waals surface area contributed by atoms with Crippen molar-refractivity contribution in [2.75, 3.05) is 13.2 Å². The average molecular weight is 254 g/mol. The van der Waals surface area contributed by atoms with E-state index in [4.69, 9.17) is 9.47 Å². The zero-order chi connectivity index (χ0) is 12.6. The quantitative estimate of drug-likeness (QED) is 0.837. The number of hydrogen-bond acceptors (Lipinski definition) is 3. The topological polar surface area (TPSA) is 55.8 Å². The number of fused-ring (bicyclic) bond motifs is 2. The van der Waals surface area contributed by atoms with E-state index in [9.17, 15) is 9.90 Å². The lowest BCUT2D eigenvalue weighted by Gasteiger charge is -2.30. The molecule has 1 unspecified atom stereocenters. The molecule has 2 aliphatic carbocycles. The summed E-state index contributed by atoms with van der Waals surface area (Å²) in [6.45, 7) is 1.49. The summed E-state index contributed by atoms with van der Waals surface area (Å²) in [5, 5.41) is 9.36. The van der Waals surface area contributed by atoms with E-state index in [0.29, 0.717) is 6.61 Å². The molecule has 4 heteroatoms. The van der Waals surface area contributed by atoms with E-state index in [2.05, 4.69) is 0 Å². The van der Waals surface area contributed by atoms with Crippen molar-refractivity contribution in [2.24, 2.45) is 10.8 Å². The Morgan fingerprint density at radius 1 is 1.28 bits per heavy atom. The van der Waals surface area contributed by atoms with Gasteiger partial charge in [-0.2, -0.15) is 0 Å². The number of carboxylic acids is 1. The van der Waals surface area contributed by atoms with E-state index in [0.717, 1.165) is 51.6 Å². The van der Waals surface area contributed by atoms with E-state index >= 15 is 0 Å². The first-order chi connectivity index (χ1) is 8.64. The predicted octanol–water partition coefficient (Wildman–Crippen LogP) is 2.56. The lowest BCUT2D eigenvalue weighted by Crippen LogP contribution is -2.29. The maximum Gasteiger partial charge on any atom is 0.309 e. The van der Waals surface area contributed by atoms with Gasteiger partial charge >= 0.3 is 5.97 Å². The fourth-order valence-electron chi connectivity index (χ4n) is 3.93. The molecule has 18 heavy (non-hydrogen) atoms. The summed E-state index contributed by atoms with van der Waals surface area (Å²) in [5.74, 6) is -0.601. The molecule has 0 aromatic carbocycles. The molecule has 3 fully saturated rings. The highest BCUT2D eigenvalue weighted by molar-refractivity contribution is 5.75. The molecule has 3 aliphatic rings. The smallest absolute Gasteiger partial charge is 0.309 e. The van der Waals surface area contributed by atoms with Crippen molar-refractivity contribution in [3.05, 3.63) is 0 Å². The fraction of sp³-hybridized carbons (Fsp3) is 0.929. The molecule has 2 bridgehead atoms. The highest BCUT2D eigenvalue weighted by atomic mass is 16.7. The van der Waals surface area contributed by atoms with Crippen molar-refractivity contribution in [3.63, 3.8) is 0 Å². The molecule has 0 aromatic rings. The van der Waals surface area contributed by atoms with E-state index in [1.54, 1.807) is 0 Å². The summed E-state index contributed by atoms with van der Waals surface area (Å²) >= 11 is 0. The van der Waals surface area contributed by atoms with Crippen LogP contribution in [0.25, 0.3) is 0 Å². The summed E-state index contributed by atoms with van der Waals surface area (Å²) < 4.78 is 11.5. The Morgan fingerprint density at radius 3 is 2.61 bits per heavy atom. The van der Waals surface area contributed by atoms with Crippen molar-refractivity contribution in [2.45, 2.75) is 57.7 Å². The molecule has 1 saturated heterocycles. The molecule has 0 spiro atoms. The van der Waals surface area contributed by atoms with Crippen LogP contribution in [-0.4, -0.2) is 30.6 Å². The first-order valence-corrected chi connectivity index (χ1v) is 7.11. The molecular formula is C14H22O4. The minimum atomic E-state index is -0.601. The zero-order valence-electron chi connectivity index (χ0n) is 10.8. The fourth-order valence-corrected chi connectivity index (χ4v) is 3.93. The van der Waals surface area contributed by atoms with Gasteiger partial charge in [-0.05, 0) is 56.8 Å². The number of carbonyl (C=O) groups is 1. The van der Waals surface area contributed by atoms with Crippen LogP contribution in [0.4, 0.5) is 0 Å². The minimum absolute atomic E-state index is 0.0476. The monoisotopic (exact) mass is 254 g/mol. The first-order valence-electron chi connectivity index (χ1n) is 7.11. The minimum Gasteiger partial charge on any atom is -0.481 e. The van der Waals surface area contributed by atoms with Crippen LogP contribution in [0, 0.1) is 10.8 Å². The van der Waals surface area contributed by atoms with Gasteiger partial charge in [0.25, 0.3) is 0 Å². The van der Waals surface area contributed by atoms with Gasteiger partial charge in [-0.3, -0.25) is 4.79 Å². The Morgan fingerprint density at radius 2 is 2.06 bits per heavy atom. The Bertz CT molecular complexity index is 325. The molecular weight excluding hydrogens is 232 g/mol. The first kappa shape index (κ1) is 12.4. The Balaban J connectivity index is 1.56. The standard InChI is InChI=1S/C14H22O4/c15-12(16)14-6-4-13(9-14,5-7-14)10-18-11-3-1-2-8-17-11/h11H,1-10H2,(H,15,16). The van der Waals surface area contributed by atoms with Gasteiger partial charge < -0.3 is 14.6 Å². The molecule has 0 radical (unpaired) electrons. The van der Waals surface area contributed by atoms with Gasteiger partial charge in [-0.1, -0.05) is 0 Å². The van der Waals surface area contributed by atoms with Crippen LogP contribution in [0.5, 0.6) is 0 Å². The molecule has 0 amide bonds. The number of hydrogen-bond donors (Lipinski definition) is 1. The second-order valence-electron chi connectivity index (χ2n) is 6.37. The lowest BCUT2D eigenvalue weighted by molar-refractivity contribution is -0.178. The molecule has 1 N–H and O–H groups in total. The van der Waals surface area contributed by atoms with Gasteiger partial charge in [-0.25, -0.2) is 0 Å². The molecule has 3 rings (SSSR count). The maximum atomic E-state index is 11.4. The lowest BCUT2D eigenvalue weighted by atomic mass is 9.82. The van der Waals surface area contributed by atoms with Gasteiger partial charge in [-0.15, -0.1) is 0 Å². The number of rotatable bonds is 4. The van der Waals surface area contributed by atoms with Crippen LogP contribution in [0.3, 0.4) is 0 Å². The maximum absolute atomic E-state index is 11.4. The van der Waals surface area contributed by atoms with Crippen molar-refractivity contribution in [1.82, 2.24) is 0 Å². The van der Waals surface area contributed by atoms with Crippen LogP contribution in [-0.2, 0) is 14.3 Å². The van der Waals surface area contributed by atoms with Gasteiger partial charge in [0.15, 0.2) is 6.29 Å². The van der Waals surface area contributed by atoms with Crippen molar-refractivity contribution >= 4 is 5.97 Å². The van der Waals surface area contributed by atoms with Crippen LogP contribution in [0.2, 0.25) is 0 Å².